The van der Waals surface area contributed by atoms with Gasteiger partial charge in [0.1, 0.15) is 11.3 Å². The van der Waals surface area contributed by atoms with Crippen molar-refractivity contribution in [3.05, 3.63) is 40.0 Å². The van der Waals surface area contributed by atoms with Gasteiger partial charge in [-0.05, 0) is 26.7 Å². The molecule has 2 rings (SSSR count). The van der Waals surface area contributed by atoms with Gasteiger partial charge in [0.15, 0.2) is 23.3 Å². The van der Waals surface area contributed by atoms with E-state index in [9.17, 15) is 27.5 Å². The molecule has 1 aromatic carbocycles. The molecule has 0 bridgehead atoms. The molecule has 0 heterocycles. The fraction of sp³-hybridized carbons (Fsp3) is 0.375. The first-order valence-electron chi connectivity index (χ1n) is 7.26. The molecule has 0 spiro atoms. The van der Waals surface area contributed by atoms with Crippen molar-refractivity contribution in [3.63, 3.8) is 0 Å². The van der Waals surface area contributed by atoms with Crippen molar-refractivity contribution < 1.29 is 32.2 Å². The van der Waals surface area contributed by atoms with E-state index in [-0.39, 0.29) is 12.6 Å². The number of halogens is 4. The highest BCUT2D eigenvalue weighted by molar-refractivity contribution is 6.15. The quantitative estimate of drug-likeness (QED) is 0.169. The number of rotatable bonds is 5. The second-order valence-corrected chi connectivity index (χ2v) is 5.25. The van der Waals surface area contributed by atoms with Gasteiger partial charge in [-0.15, -0.1) is 0 Å². The monoisotopic (exact) mass is 345 g/mol. The Bertz CT molecular complexity index is 710. The summed E-state index contributed by atoms with van der Waals surface area (Å²) in [7, 11) is 0. The molecule has 4 nitrogen and oxygen atoms in total. The predicted molar refractivity (Wildman–Crippen MR) is 78.7 cm³/mol. The number of aliphatic hydroxyl groups is 1. The van der Waals surface area contributed by atoms with E-state index in [1.54, 1.807) is 0 Å². The van der Waals surface area contributed by atoms with Crippen LogP contribution in [0.25, 0.3) is 5.76 Å². The van der Waals surface area contributed by atoms with E-state index in [1.807, 2.05) is 0 Å². The normalized spacial score (nSPS) is 15.6. The number of carbonyl (C=O) groups excluding carboxylic acids is 1. The Balaban J connectivity index is 2.64. The Kier molecular flexibility index (Phi) is 5.26. The van der Waals surface area contributed by atoms with Crippen molar-refractivity contribution in [3.8, 4) is 0 Å². The molecule has 0 aliphatic heterocycles. The molecule has 0 aromatic heterocycles. The molecule has 1 saturated carbocycles. The topological polar surface area (TPSA) is 58.9 Å². The molecular weight excluding hydrogens is 330 g/mol. The summed E-state index contributed by atoms with van der Waals surface area (Å²) >= 11 is 0. The van der Waals surface area contributed by atoms with Gasteiger partial charge < -0.3 is 9.84 Å². The van der Waals surface area contributed by atoms with Crippen molar-refractivity contribution >= 4 is 17.9 Å². The number of aliphatic imine (C=N–C) groups is 1. The Morgan fingerprint density at radius 2 is 1.79 bits per heavy atom. The number of ether oxygens (including phenoxy) is 1. The Hall–Kier alpha value is -2.38. The maximum Gasteiger partial charge on any atom is 0.343 e. The second-order valence-electron chi connectivity index (χ2n) is 5.25. The lowest BCUT2D eigenvalue weighted by atomic mass is 10.0. The van der Waals surface area contributed by atoms with Gasteiger partial charge in [0.05, 0.1) is 18.2 Å². The van der Waals surface area contributed by atoms with Crippen molar-refractivity contribution in [1.29, 1.82) is 0 Å². The minimum atomic E-state index is -2.08. The van der Waals surface area contributed by atoms with E-state index in [4.69, 9.17) is 4.74 Å². The van der Waals surface area contributed by atoms with Crippen LogP contribution in [0.2, 0.25) is 0 Å². The molecule has 1 aliphatic rings. The SMILES string of the molecule is CCOC(=O)/C(C=NC1CC1)=C(/O)c1c(C)c(F)c(F)c(F)c1F. The summed E-state index contributed by atoms with van der Waals surface area (Å²) in [5.41, 5.74) is -2.18. The first-order chi connectivity index (χ1) is 11.3. The molecule has 0 unspecified atom stereocenters. The van der Waals surface area contributed by atoms with Gasteiger partial charge in [-0.1, -0.05) is 0 Å². The summed E-state index contributed by atoms with van der Waals surface area (Å²) in [6, 6.07) is -0.0325. The number of esters is 1. The lowest BCUT2D eigenvalue weighted by molar-refractivity contribution is -0.137. The van der Waals surface area contributed by atoms with Crippen LogP contribution >= 0.6 is 0 Å². The van der Waals surface area contributed by atoms with E-state index in [0.29, 0.717) is 0 Å². The zero-order valence-electron chi connectivity index (χ0n) is 13.0. The maximum absolute atomic E-state index is 14.0. The third kappa shape index (κ3) is 3.42. The van der Waals surface area contributed by atoms with E-state index in [2.05, 4.69) is 4.99 Å². The molecule has 1 aromatic rings. The summed E-state index contributed by atoms with van der Waals surface area (Å²) in [4.78, 5) is 15.9. The summed E-state index contributed by atoms with van der Waals surface area (Å²) in [6.07, 6.45) is 2.56. The smallest absolute Gasteiger partial charge is 0.343 e. The summed E-state index contributed by atoms with van der Waals surface area (Å²) in [5.74, 6) is -9.63. The highest BCUT2D eigenvalue weighted by Crippen LogP contribution is 2.30. The highest BCUT2D eigenvalue weighted by Gasteiger charge is 2.28. The number of aliphatic hydroxyl groups excluding tert-OH is 1. The predicted octanol–water partition coefficient (Wildman–Crippen LogP) is 3.62. The van der Waals surface area contributed by atoms with Gasteiger partial charge in [-0.3, -0.25) is 4.99 Å². The van der Waals surface area contributed by atoms with Crippen LogP contribution in [0.4, 0.5) is 17.6 Å². The van der Waals surface area contributed by atoms with Gasteiger partial charge in [-0.25, -0.2) is 22.4 Å². The van der Waals surface area contributed by atoms with Crippen LogP contribution in [0.3, 0.4) is 0 Å². The Morgan fingerprint density at radius 3 is 2.33 bits per heavy atom. The Labute approximate surface area is 135 Å². The first-order valence-corrected chi connectivity index (χ1v) is 7.26. The van der Waals surface area contributed by atoms with Crippen LogP contribution in [-0.4, -0.2) is 29.9 Å². The fourth-order valence-electron chi connectivity index (χ4n) is 1.98. The molecule has 0 radical (unpaired) electrons. The van der Waals surface area contributed by atoms with Crippen LogP contribution in [0.1, 0.15) is 30.9 Å². The van der Waals surface area contributed by atoms with Crippen LogP contribution in [0.5, 0.6) is 0 Å². The molecule has 24 heavy (non-hydrogen) atoms. The lowest BCUT2D eigenvalue weighted by Gasteiger charge is -2.12. The Morgan fingerprint density at radius 1 is 1.21 bits per heavy atom. The van der Waals surface area contributed by atoms with E-state index < -0.39 is 51.7 Å². The largest absolute Gasteiger partial charge is 0.506 e. The molecule has 130 valence electrons. The van der Waals surface area contributed by atoms with E-state index >= 15 is 0 Å². The minimum absolute atomic E-state index is 0.0325. The lowest BCUT2D eigenvalue weighted by Crippen LogP contribution is -2.14. The summed E-state index contributed by atoms with van der Waals surface area (Å²) in [6.45, 7) is 2.42. The van der Waals surface area contributed by atoms with E-state index in [1.165, 1.54) is 6.92 Å². The van der Waals surface area contributed by atoms with E-state index in [0.717, 1.165) is 26.0 Å². The zero-order chi connectivity index (χ0) is 18.0. The minimum Gasteiger partial charge on any atom is -0.506 e. The van der Waals surface area contributed by atoms with Crippen molar-refractivity contribution in [2.45, 2.75) is 32.7 Å². The third-order valence-corrected chi connectivity index (χ3v) is 3.45. The summed E-state index contributed by atoms with van der Waals surface area (Å²) < 4.78 is 59.1. The average molecular weight is 345 g/mol. The first kappa shape index (κ1) is 18.0. The van der Waals surface area contributed by atoms with Gasteiger partial charge in [0.2, 0.25) is 0 Å². The third-order valence-electron chi connectivity index (χ3n) is 3.45. The summed E-state index contributed by atoms with van der Waals surface area (Å²) in [5, 5.41) is 10.2. The van der Waals surface area contributed by atoms with Gasteiger partial charge in [0, 0.05) is 11.8 Å². The molecular formula is C16H15F4NO3. The molecule has 1 N–H and O–H groups in total. The van der Waals surface area contributed by atoms with Crippen molar-refractivity contribution in [1.82, 2.24) is 0 Å². The second kappa shape index (κ2) is 7.02. The molecule has 1 fully saturated rings. The van der Waals surface area contributed by atoms with Crippen LogP contribution < -0.4 is 0 Å². The van der Waals surface area contributed by atoms with Gasteiger partial charge in [-0.2, -0.15) is 0 Å². The molecule has 1 aliphatic carbocycles. The fourth-order valence-corrected chi connectivity index (χ4v) is 1.98. The van der Waals surface area contributed by atoms with Crippen LogP contribution in [0, 0.1) is 30.2 Å². The maximum atomic E-state index is 14.0. The van der Waals surface area contributed by atoms with Crippen molar-refractivity contribution in [2.75, 3.05) is 6.61 Å². The number of hydrogen-bond acceptors (Lipinski definition) is 4. The molecule has 0 atom stereocenters. The van der Waals surface area contributed by atoms with Gasteiger partial charge >= 0.3 is 5.97 Å². The average Bonchev–Trinajstić information content (AvgIpc) is 3.36. The number of hydrogen-bond donors (Lipinski definition) is 1. The van der Waals surface area contributed by atoms with Gasteiger partial charge in [0.25, 0.3) is 0 Å². The zero-order valence-corrected chi connectivity index (χ0v) is 13.0. The van der Waals surface area contributed by atoms with Crippen LogP contribution in [-0.2, 0) is 9.53 Å². The van der Waals surface area contributed by atoms with Crippen molar-refractivity contribution in [2.24, 2.45) is 4.99 Å². The molecule has 0 amide bonds. The number of carbonyl (C=O) groups is 1. The highest BCUT2D eigenvalue weighted by atomic mass is 19.2. The molecule has 8 heteroatoms. The molecule has 0 saturated heterocycles. The number of benzene rings is 1. The van der Waals surface area contributed by atoms with Crippen LogP contribution in [0.15, 0.2) is 10.6 Å². The standard InChI is InChI=1S/C16H15F4NO3/c1-3-24-16(23)9(6-21-8-4-5-8)15(22)10-7(2)11(17)13(19)14(20)12(10)18/h6,8,22H,3-5H2,1-2H3/b15-9+,21-6?. The number of nitrogens with zero attached hydrogens (tertiary/aromatic N) is 1.